The zero-order valence-corrected chi connectivity index (χ0v) is 15.8. The molecule has 0 aliphatic rings. The van der Waals surface area contributed by atoms with Crippen LogP contribution in [0.3, 0.4) is 0 Å². The van der Waals surface area contributed by atoms with E-state index in [1.807, 2.05) is 61.5 Å². The van der Waals surface area contributed by atoms with Crippen LogP contribution >= 0.6 is 7.26 Å². The lowest BCUT2D eigenvalue weighted by Gasteiger charge is -2.32. The second-order valence-corrected chi connectivity index (χ2v) is 9.44. The van der Waals surface area contributed by atoms with Crippen molar-refractivity contribution in [2.24, 2.45) is 0 Å². The van der Waals surface area contributed by atoms with Crippen LogP contribution in [0.5, 0.6) is 0 Å². The summed E-state index contributed by atoms with van der Waals surface area (Å²) in [7, 11) is -0.821. The Hall–Kier alpha value is -2.70. The number of ether oxygens (including phenoxy) is 1. The van der Waals surface area contributed by atoms with Gasteiger partial charge in [0.05, 0.1) is 7.11 Å². The second kappa shape index (κ2) is 8.12. The Morgan fingerprint density at radius 1 is 0.731 bits per heavy atom. The van der Waals surface area contributed by atoms with Gasteiger partial charge < -0.3 is 10.8 Å². The van der Waals surface area contributed by atoms with E-state index in [1.54, 1.807) is 0 Å². The molecular formula is C23H21O2P. The predicted octanol–water partition coefficient (Wildman–Crippen LogP) is 3.86. The first-order valence-electron chi connectivity index (χ1n) is 8.44. The highest BCUT2D eigenvalue weighted by atomic mass is 31.2. The maximum Gasteiger partial charge on any atom is 0.150 e. The van der Waals surface area contributed by atoms with Crippen LogP contribution in [0.1, 0.15) is 6.92 Å². The molecule has 0 heterocycles. The molecule has 0 N–H and O–H groups in total. The van der Waals surface area contributed by atoms with E-state index in [0.29, 0.717) is 0 Å². The molecule has 130 valence electrons. The lowest BCUT2D eigenvalue weighted by Crippen LogP contribution is -2.32. The minimum Gasteiger partial charge on any atom is -0.493 e. The summed E-state index contributed by atoms with van der Waals surface area (Å²) in [4.78, 5) is 12.0. The van der Waals surface area contributed by atoms with Gasteiger partial charge in [-0.3, -0.25) is 4.79 Å². The van der Waals surface area contributed by atoms with Gasteiger partial charge in [0.1, 0.15) is 29.1 Å². The fraction of sp³-hybridized carbons (Fsp3) is 0.0870. The Morgan fingerprint density at radius 3 is 1.38 bits per heavy atom. The highest BCUT2D eigenvalue weighted by Crippen LogP contribution is 2.61. The molecule has 0 bridgehead atoms. The summed E-state index contributed by atoms with van der Waals surface area (Å²) in [5.41, 5.74) is 0. The third-order valence-corrected chi connectivity index (χ3v) is 8.74. The zero-order valence-electron chi connectivity index (χ0n) is 14.9. The van der Waals surface area contributed by atoms with E-state index in [4.69, 9.17) is 4.74 Å². The molecular weight excluding hydrogens is 339 g/mol. The maximum absolute atomic E-state index is 12.0. The lowest BCUT2D eigenvalue weighted by molar-refractivity contribution is -0.135. The lowest BCUT2D eigenvalue weighted by atomic mass is 10.3. The van der Waals surface area contributed by atoms with Gasteiger partial charge in [0, 0.05) is 0 Å². The monoisotopic (exact) mass is 360 g/mol. The first-order valence-corrected chi connectivity index (χ1v) is 10.2. The predicted molar refractivity (Wildman–Crippen MR) is 110 cm³/mol. The van der Waals surface area contributed by atoms with Gasteiger partial charge in [0.25, 0.3) is 0 Å². The Labute approximate surface area is 155 Å². The van der Waals surface area contributed by atoms with Gasteiger partial charge in [-0.15, -0.1) is 0 Å². The first-order chi connectivity index (χ1) is 12.7. The van der Waals surface area contributed by atoms with Crippen LogP contribution in [0, 0.1) is 6.08 Å². The number of methoxy groups -OCH3 is 1. The summed E-state index contributed by atoms with van der Waals surface area (Å²) < 4.78 is 4.87. The topological polar surface area (TPSA) is 26.3 Å². The molecule has 0 radical (unpaired) electrons. The Bertz CT molecular complexity index is 791. The molecule has 0 saturated heterocycles. The Kier molecular flexibility index (Phi) is 5.65. The molecule has 2 nitrogen and oxygen atoms in total. The number of hydrogen-bond acceptors (Lipinski definition) is 2. The average molecular weight is 360 g/mol. The van der Waals surface area contributed by atoms with E-state index in [2.05, 4.69) is 42.5 Å². The number of benzene rings is 3. The first kappa shape index (κ1) is 18.1. The maximum atomic E-state index is 12.0. The number of allylic oxidation sites excluding steroid dienone is 1. The molecule has 0 aliphatic heterocycles. The van der Waals surface area contributed by atoms with Crippen molar-refractivity contribution in [1.82, 2.24) is 0 Å². The third-order valence-electron chi connectivity index (χ3n) is 4.40. The summed E-state index contributed by atoms with van der Waals surface area (Å²) in [5.74, 6) is -0.449. The SMILES string of the molecule is COC(=O)[C-]=C(C)[P+](c1ccccc1)(c1ccccc1)c1ccccc1. The average Bonchev–Trinajstić information content (AvgIpc) is 2.71. The Balaban J connectivity index is 2.39. The highest BCUT2D eigenvalue weighted by Gasteiger charge is 2.43. The van der Waals surface area contributed by atoms with Gasteiger partial charge in [0.15, 0.2) is 0 Å². The molecule has 3 heteroatoms. The van der Waals surface area contributed by atoms with E-state index in [0.717, 1.165) is 5.31 Å². The molecule has 0 aliphatic carbocycles. The fourth-order valence-corrected chi connectivity index (χ4v) is 7.44. The molecule has 0 saturated carbocycles. The molecule has 0 amide bonds. The van der Waals surface area contributed by atoms with E-state index in [1.165, 1.54) is 23.0 Å². The van der Waals surface area contributed by atoms with Gasteiger partial charge >= 0.3 is 0 Å². The van der Waals surface area contributed by atoms with Crippen molar-refractivity contribution < 1.29 is 9.53 Å². The minimum atomic E-state index is -2.21. The summed E-state index contributed by atoms with van der Waals surface area (Å²) in [6.07, 6.45) is 2.97. The number of rotatable bonds is 5. The van der Waals surface area contributed by atoms with Crippen molar-refractivity contribution in [1.29, 1.82) is 0 Å². The second-order valence-electron chi connectivity index (χ2n) is 5.88. The Morgan fingerprint density at radius 2 is 1.08 bits per heavy atom. The van der Waals surface area contributed by atoms with Crippen LogP contribution in [-0.2, 0) is 9.53 Å². The number of hydrogen-bond donors (Lipinski definition) is 0. The summed E-state index contributed by atoms with van der Waals surface area (Å²) in [5, 5.41) is 4.46. The molecule has 0 aromatic heterocycles. The van der Waals surface area contributed by atoms with Crippen LogP contribution in [0.15, 0.2) is 96.3 Å². The summed E-state index contributed by atoms with van der Waals surface area (Å²) in [6.45, 7) is 1.98. The van der Waals surface area contributed by atoms with Crippen molar-refractivity contribution in [3.05, 3.63) is 102 Å². The number of carbonyl (C=O) groups excluding carboxylic acids is 1. The van der Waals surface area contributed by atoms with E-state index < -0.39 is 13.2 Å². The molecule has 0 atom stereocenters. The zero-order chi connectivity index (χ0) is 18.4. The van der Waals surface area contributed by atoms with Gasteiger partial charge in [-0.2, -0.15) is 0 Å². The number of esters is 1. The van der Waals surface area contributed by atoms with E-state index in [9.17, 15) is 4.79 Å². The standard InChI is InChI=1S/C23H21O2P/c1-19(18-23(24)25-2)26(20-12-6-3-7-13-20,21-14-8-4-9-15-21)22-16-10-5-11-17-22/h3-17H,1-2H3. The van der Waals surface area contributed by atoms with Crippen LogP contribution < -0.4 is 15.9 Å². The van der Waals surface area contributed by atoms with Crippen molar-refractivity contribution >= 4 is 29.1 Å². The molecule has 0 spiro atoms. The molecule has 3 rings (SSSR count). The fourth-order valence-electron chi connectivity index (χ4n) is 3.27. The molecule has 3 aromatic carbocycles. The molecule has 3 aromatic rings. The van der Waals surface area contributed by atoms with Gasteiger partial charge in [-0.25, -0.2) is 0 Å². The third kappa shape index (κ3) is 3.34. The van der Waals surface area contributed by atoms with Gasteiger partial charge in [-0.1, -0.05) is 59.9 Å². The normalized spacial score (nSPS) is 11.8. The van der Waals surface area contributed by atoms with E-state index in [-0.39, 0.29) is 0 Å². The molecule has 0 fully saturated rings. The van der Waals surface area contributed by atoms with Crippen molar-refractivity contribution in [3.63, 3.8) is 0 Å². The van der Waals surface area contributed by atoms with E-state index >= 15 is 0 Å². The molecule has 0 unspecified atom stereocenters. The van der Waals surface area contributed by atoms with Crippen LogP contribution in [0.2, 0.25) is 0 Å². The van der Waals surface area contributed by atoms with Crippen LogP contribution in [0.25, 0.3) is 0 Å². The van der Waals surface area contributed by atoms with Gasteiger partial charge in [0.2, 0.25) is 0 Å². The van der Waals surface area contributed by atoms with Crippen molar-refractivity contribution in [3.8, 4) is 0 Å². The van der Waals surface area contributed by atoms with Gasteiger partial charge in [-0.05, 0) is 43.3 Å². The van der Waals surface area contributed by atoms with Crippen LogP contribution in [0.4, 0.5) is 0 Å². The largest absolute Gasteiger partial charge is 0.493 e. The van der Waals surface area contributed by atoms with Crippen molar-refractivity contribution in [2.75, 3.05) is 7.11 Å². The van der Waals surface area contributed by atoms with Crippen molar-refractivity contribution in [2.45, 2.75) is 6.92 Å². The summed E-state index contributed by atoms with van der Waals surface area (Å²) >= 11 is 0. The quantitative estimate of drug-likeness (QED) is 0.299. The van der Waals surface area contributed by atoms with Crippen LogP contribution in [-0.4, -0.2) is 13.1 Å². The smallest absolute Gasteiger partial charge is 0.150 e. The minimum absolute atomic E-state index is 0.449. The highest BCUT2D eigenvalue weighted by molar-refractivity contribution is 7.99. The molecule has 26 heavy (non-hydrogen) atoms. The number of carbonyl (C=O) groups is 1. The summed E-state index contributed by atoms with van der Waals surface area (Å²) in [6, 6.07) is 31.1.